The highest BCUT2D eigenvalue weighted by atomic mass is 14.1. The molecule has 0 aliphatic rings. The molecule has 0 unspecified atom stereocenters. The molecule has 0 bridgehead atoms. The summed E-state index contributed by atoms with van der Waals surface area (Å²) in [5.74, 6) is 0. The molecule has 5 aromatic rings. The van der Waals surface area contributed by atoms with Crippen LogP contribution in [0.3, 0.4) is 0 Å². The summed E-state index contributed by atoms with van der Waals surface area (Å²) in [5, 5.41) is 10.7. The monoisotopic (exact) mass is 292 g/mol. The predicted octanol–water partition coefficient (Wildman–Crippen LogP) is 6.61. The van der Waals surface area contributed by atoms with E-state index in [0.717, 1.165) is 0 Å². The van der Waals surface area contributed by atoms with Crippen LogP contribution in [0, 0.1) is 6.92 Å². The first-order chi connectivity index (χ1) is 11.3. The molecule has 0 saturated heterocycles. The Bertz CT molecular complexity index is 1210. The summed E-state index contributed by atoms with van der Waals surface area (Å²) < 4.78 is 0. The fourth-order valence-corrected chi connectivity index (χ4v) is 3.86. The third-order valence-electron chi connectivity index (χ3n) is 5.04. The summed E-state index contributed by atoms with van der Waals surface area (Å²) in [5.41, 5.74) is 1.37. The van der Waals surface area contributed by atoms with Crippen LogP contribution >= 0.6 is 0 Å². The largest absolute Gasteiger partial charge is 0.0616 e. The second-order valence-electron chi connectivity index (χ2n) is 6.27. The van der Waals surface area contributed by atoms with Crippen molar-refractivity contribution in [3.05, 3.63) is 84.4 Å². The van der Waals surface area contributed by atoms with Crippen LogP contribution in [0.5, 0.6) is 0 Å². The molecule has 0 aliphatic carbocycles. The summed E-state index contributed by atoms with van der Waals surface area (Å²) >= 11 is 0. The van der Waals surface area contributed by atoms with Gasteiger partial charge in [0.2, 0.25) is 0 Å². The van der Waals surface area contributed by atoms with Gasteiger partial charge < -0.3 is 0 Å². The Hall–Kier alpha value is -2.86. The number of fused-ring (bicyclic) bond motifs is 6. The Labute approximate surface area is 135 Å². The van der Waals surface area contributed by atoms with Crippen molar-refractivity contribution in [3.8, 4) is 0 Å². The van der Waals surface area contributed by atoms with Gasteiger partial charge in [-0.05, 0) is 61.6 Å². The van der Waals surface area contributed by atoms with E-state index in [1.807, 2.05) is 0 Å². The van der Waals surface area contributed by atoms with E-state index >= 15 is 0 Å². The van der Waals surface area contributed by atoms with E-state index in [2.05, 4.69) is 85.8 Å². The van der Waals surface area contributed by atoms with Crippen molar-refractivity contribution in [1.29, 1.82) is 0 Å². The Morgan fingerprint density at radius 2 is 1.04 bits per heavy atom. The fraction of sp³-hybridized carbons (Fsp3) is 0.0435. The first-order valence-corrected chi connectivity index (χ1v) is 8.05. The molecule has 0 aromatic heterocycles. The maximum absolute atomic E-state index is 2.34. The average Bonchev–Trinajstić information content (AvgIpc) is 2.61. The van der Waals surface area contributed by atoms with Crippen molar-refractivity contribution in [2.75, 3.05) is 0 Å². The van der Waals surface area contributed by atoms with Crippen LogP contribution < -0.4 is 0 Å². The van der Waals surface area contributed by atoms with Gasteiger partial charge in [0.1, 0.15) is 0 Å². The van der Waals surface area contributed by atoms with Crippen LogP contribution in [0.4, 0.5) is 0 Å². The number of hydrogen-bond acceptors (Lipinski definition) is 0. The summed E-state index contributed by atoms with van der Waals surface area (Å²) in [7, 11) is 0. The Morgan fingerprint density at radius 3 is 1.91 bits per heavy atom. The molecule has 0 fully saturated rings. The van der Waals surface area contributed by atoms with E-state index in [1.54, 1.807) is 0 Å². The van der Waals surface area contributed by atoms with Crippen molar-refractivity contribution >= 4 is 43.1 Å². The van der Waals surface area contributed by atoms with Crippen LogP contribution in [-0.4, -0.2) is 0 Å². The van der Waals surface area contributed by atoms with Gasteiger partial charge in [0.15, 0.2) is 0 Å². The molecule has 0 atom stereocenters. The lowest BCUT2D eigenvalue weighted by Crippen LogP contribution is -1.85. The third-order valence-corrected chi connectivity index (χ3v) is 5.04. The lowest BCUT2D eigenvalue weighted by atomic mass is 9.92. The molecule has 0 radical (unpaired) electrons. The minimum Gasteiger partial charge on any atom is -0.0616 e. The smallest absolute Gasteiger partial charge is 0.00961 e. The van der Waals surface area contributed by atoms with E-state index in [9.17, 15) is 0 Å². The van der Waals surface area contributed by atoms with Gasteiger partial charge in [-0.2, -0.15) is 0 Å². The molecule has 5 aromatic carbocycles. The van der Waals surface area contributed by atoms with Gasteiger partial charge in [0.05, 0.1) is 0 Å². The highest BCUT2D eigenvalue weighted by molar-refractivity contribution is 6.20. The minimum atomic E-state index is 1.30. The molecule has 0 heterocycles. The maximum Gasteiger partial charge on any atom is -0.00961 e. The average molecular weight is 292 g/mol. The predicted molar refractivity (Wildman–Crippen MR) is 101 cm³/mol. The minimum absolute atomic E-state index is 1.30. The van der Waals surface area contributed by atoms with E-state index in [4.69, 9.17) is 0 Å². The molecular weight excluding hydrogens is 276 g/mol. The van der Waals surface area contributed by atoms with E-state index in [-0.39, 0.29) is 0 Å². The van der Waals surface area contributed by atoms with Gasteiger partial charge in [0, 0.05) is 0 Å². The fourth-order valence-electron chi connectivity index (χ4n) is 3.86. The van der Waals surface area contributed by atoms with E-state index in [1.165, 1.54) is 48.7 Å². The number of hydrogen-bond donors (Lipinski definition) is 0. The quantitative estimate of drug-likeness (QED) is 0.222. The molecule has 23 heavy (non-hydrogen) atoms. The van der Waals surface area contributed by atoms with Gasteiger partial charge in [-0.1, -0.05) is 72.8 Å². The Morgan fingerprint density at radius 1 is 0.435 bits per heavy atom. The first kappa shape index (κ1) is 12.7. The lowest BCUT2D eigenvalue weighted by molar-refractivity contribution is 1.59. The third kappa shape index (κ3) is 1.72. The molecule has 0 amide bonds. The summed E-state index contributed by atoms with van der Waals surface area (Å²) in [4.78, 5) is 0. The van der Waals surface area contributed by atoms with Crippen molar-refractivity contribution in [3.63, 3.8) is 0 Å². The van der Waals surface area contributed by atoms with Crippen LogP contribution in [0.25, 0.3) is 43.1 Å². The summed E-state index contributed by atoms with van der Waals surface area (Å²) in [6.07, 6.45) is 0. The maximum atomic E-state index is 2.34. The summed E-state index contributed by atoms with van der Waals surface area (Å²) in [6, 6.07) is 28.7. The Balaban J connectivity index is 2.05. The molecule has 0 N–H and O–H groups in total. The zero-order chi connectivity index (χ0) is 15.4. The van der Waals surface area contributed by atoms with Gasteiger partial charge in [-0.25, -0.2) is 0 Å². The Kier molecular flexibility index (Phi) is 2.51. The van der Waals surface area contributed by atoms with Crippen molar-refractivity contribution in [2.24, 2.45) is 0 Å². The SMILES string of the molecule is Cc1c2ccccc2cc2c1ccc1c3ccccc3ccc21. The standard InChI is InChI=1S/C23H16/c1-15-18-8-4-3-7-17(18)14-23-19(15)12-13-21-20-9-5-2-6-16(20)10-11-22(21)23/h2-14H,1H3. The highest BCUT2D eigenvalue weighted by Crippen LogP contribution is 2.35. The lowest BCUT2D eigenvalue weighted by Gasteiger charge is -2.12. The van der Waals surface area contributed by atoms with Crippen molar-refractivity contribution < 1.29 is 0 Å². The molecule has 108 valence electrons. The van der Waals surface area contributed by atoms with Crippen LogP contribution in [0.1, 0.15) is 5.56 Å². The topological polar surface area (TPSA) is 0 Å². The second-order valence-corrected chi connectivity index (χ2v) is 6.27. The van der Waals surface area contributed by atoms with Crippen molar-refractivity contribution in [1.82, 2.24) is 0 Å². The second kappa shape index (κ2) is 4.57. The number of benzene rings is 5. The first-order valence-electron chi connectivity index (χ1n) is 8.05. The zero-order valence-electron chi connectivity index (χ0n) is 13.0. The molecule has 0 aliphatic heterocycles. The molecule has 0 nitrogen and oxygen atoms in total. The van der Waals surface area contributed by atoms with E-state index < -0.39 is 0 Å². The number of aryl methyl sites for hydroxylation is 1. The van der Waals surface area contributed by atoms with E-state index in [0.29, 0.717) is 0 Å². The molecule has 0 heteroatoms. The zero-order valence-corrected chi connectivity index (χ0v) is 13.0. The molecular formula is C23H16. The van der Waals surface area contributed by atoms with Crippen LogP contribution in [0.15, 0.2) is 78.9 Å². The molecule has 5 rings (SSSR count). The molecule has 0 spiro atoms. The summed E-state index contributed by atoms with van der Waals surface area (Å²) in [6.45, 7) is 2.23. The van der Waals surface area contributed by atoms with Crippen molar-refractivity contribution in [2.45, 2.75) is 6.92 Å². The van der Waals surface area contributed by atoms with Gasteiger partial charge in [-0.15, -0.1) is 0 Å². The van der Waals surface area contributed by atoms with Crippen LogP contribution in [0.2, 0.25) is 0 Å². The van der Waals surface area contributed by atoms with Gasteiger partial charge in [0.25, 0.3) is 0 Å². The number of rotatable bonds is 0. The normalized spacial score (nSPS) is 11.7. The van der Waals surface area contributed by atoms with Gasteiger partial charge >= 0.3 is 0 Å². The molecule has 0 saturated carbocycles. The van der Waals surface area contributed by atoms with Crippen LogP contribution in [-0.2, 0) is 0 Å². The highest BCUT2D eigenvalue weighted by Gasteiger charge is 2.08. The van der Waals surface area contributed by atoms with Gasteiger partial charge in [-0.3, -0.25) is 0 Å².